The molecule has 35 heavy (non-hydrogen) atoms. The lowest BCUT2D eigenvalue weighted by Crippen LogP contribution is -2.56. The molecular weight excluding hydrogens is 446 g/mol. The van der Waals surface area contributed by atoms with Gasteiger partial charge in [0.1, 0.15) is 12.6 Å². The molecule has 4 rings (SSSR count). The van der Waals surface area contributed by atoms with Crippen molar-refractivity contribution in [3.05, 3.63) is 59.7 Å². The summed E-state index contributed by atoms with van der Waals surface area (Å²) in [5, 5.41) is 15.2. The number of carbonyl (C=O) groups is 3. The van der Waals surface area contributed by atoms with Gasteiger partial charge in [-0.15, -0.1) is 0 Å². The molecule has 2 amide bonds. The van der Waals surface area contributed by atoms with Gasteiger partial charge in [-0.3, -0.25) is 9.59 Å². The van der Waals surface area contributed by atoms with Crippen molar-refractivity contribution in [3.8, 4) is 11.1 Å². The lowest BCUT2D eigenvalue weighted by atomic mass is 9.85. The number of nitrogens with one attached hydrogen (secondary N) is 2. The van der Waals surface area contributed by atoms with Crippen LogP contribution in [0.1, 0.15) is 43.2 Å². The summed E-state index contributed by atoms with van der Waals surface area (Å²) in [7, 11) is 3.60. The van der Waals surface area contributed by atoms with E-state index in [2.05, 4.69) is 22.8 Å². The van der Waals surface area contributed by atoms with E-state index in [1.165, 1.54) is 0 Å². The summed E-state index contributed by atoms with van der Waals surface area (Å²) in [6.07, 6.45) is 1.15. The van der Waals surface area contributed by atoms with Gasteiger partial charge < -0.3 is 25.4 Å². The van der Waals surface area contributed by atoms with Crippen LogP contribution in [0.2, 0.25) is 0 Å². The van der Waals surface area contributed by atoms with Crippen LogP contribution >= 0.6 is 0 Å². The Kier molecular flexibility index (Phi) is 7.12. The molecule has 1 fully saturated rings. The largest absolute Gasteiger partial charge is 0.481 e. The standard InChI is InChI=1S/C27H33N3O5/c1-27(25(32)33)14-8-13-23(27)29-24(31)22(15-30(2)3)28-26(34)35-16-21-19-11-6-4-9-17(19)18-10-5-7-12-20(18)21/h4-7,9-12,21-23H,8,13-16H2,1-3H3,(H,28,34)(H,29,31)(H,32,33)/t22-,23?,27?/m0/s1. The van der Waals surface area contributed by atoms with Crippen molar-refractivity contribution in [2.75, 3.05) is 27.2 Å². The minimum absolute atomic E-state index is 0.0796. The number of likely N-dealkylation sites (N-methyl/N-ethyl adjacent to an activating group) is 1. The number of nitrogens with zero attached hydrogens (tertiary/aromatic N) is 1. The number of benzene rings is 2. The first kappa shape index (κ1) is 24.7. The number of rotatable bonds is 8. The van der Waals surface area contributed by atoms with E-state index in [4.69, 9.17) is 4.74 Å². The Labute approximate surface area is 205 Å². The fraction of sp³-hybridized carbons (Fsp3) is 0.444. The second-order valence-electron chi connectivity index (χ2n) is 9.96. The van der Waals surface area contributed by atoms with Gasteiger partial charge in [-0.05, 0) is 56.1 Å². The number of carboxylic acid groups (broad SMARTS) is 1. The minimum atomic E-state index is -1.01. The number of amides is 2. The van der Waals surface area contributed by atoms with Crippen LogP contribution in [0.3, 0.4) is 0 Å². The van der Waals surface area contributed by atoms with Crippen molar-refractivity contribution in [2.24, 2.45) is 5.41 Å². The highest BCUT2D eigenvalue weighted by Gasteiger charge is 2.46. The molecule has 3 N–H and O–H groups in total. The summed E-state index contributed by atoms with van der Waals surface area (Å²) in [4.78, 5) is 39.4. The molecule has 2 aliphatic carbocycles. The van der Waals surface area contributed by atoms with E-state index in [1.54, 1.807) is 25.9 Å². The molecule has 0 spiro atoms. The number of aliphatic carboxylic acids is 1. The molecule has 0 radical (unpaired) electrons. The highest BCUT2D eigenvalue weighted by atomic mass is 16.5. The van der Waals surface area contributed by atoms with Gasteiger partial charge in [-0.2, -0.15) is 0 Å². The van der Waals surface area contributed by atoms with Crippen molar-refractivity contribution in [2.45, 2.75) is 44.2 Å². The van der Waals surface area contributed by atoms with Gasteiger partial charge >= 0.3 is 12.1 Å². The molecule has 1 saturated carbocycles. The van der Waals surface area contributed by atoms with Gasteiger partial charge in [-0.25, -0.2) is 4.79 Å². The summed E-state index contributed by atoms with van der Waals surface area (Å²) in [6, 6.07) is 14.8. The van der Waals surface area contributed by atoms with Crippen LogP contribution in [0.5, 0.6) is 0 Å². The third kappa shape index (κ3) is 5.03. The van der Waals surface area contributed by atoms with E-state index >= 15 is 0 Å². The first-order valence-electron chi connectivity index (χ1n) is 12.0. The molecule has 0 aliphatic heterocycles. The van der Waals surface area contributed by atoms with Gasteiger partial charge in [0, 0.05) is 18.5 Å². The van der Waals surface area contributed by atoms with Crippen molar-refractivity contribution in [1.29, 1.82) is 0 Å². The molecule has 0 aromatic heterocycles. The van der Waals surface area contributed by atoms with Crippen LogP contribution in [-0.4, -0.2) is 67.3 Å². The smallest absolute Gasteiger partial charge is 0.407 e. The quantitative estimate of drug-likeness (QED) is 0.537. The molecule has 3 atom stereocenters. The lowest BCUT2D eigenvalue weighted by molar-refractivity contribution is -0.149. The molecular formula is C27H33N3O5. The highest BCUT2D eigenvalue weighted by Crippen LogP contribution is 2.44. The average molecular weight is 480 g/mol. The van der Waals surface area contributed by atoms with E-state index in [0.29, 0.717) is 12.8 Å². The van der Waals surface area contributed by atoms with Crippen molar-refractivity contribution < 1.29 is 24.2 Å². The maximum atomic E-state index is 13.1. The Bertz CT molecular complexity index is 1070. The zero-order valence-electron chi connectivity index (χ0n) is 20.4. The molecule has 8 heteroatoms. The predicted octanol–water partition coefficient (Wildman–Crippen LogP) is 3.21. The van der Waals surface area contributed by atoms with Gasteiger partial charge in [0.25, 0.3) is 0 Å². The predicted molar refractivity (Wildman–Crippen MR) is 132 cm³/mol. The van der Waals surface area contributed by atoms with E-state index in [-0.39, 0.29) is 19.1 Å². The van der Waals surface area contributed by atoms with Crippen LogP contribution < -0.4 is 10.6 Å². The van der Waals surface area contributed by atoms with Crippen LogP contribution in [0.25, 0.3) is 11.1 Å². The molecule has 2 aromatic carbocycles. The summed E-state index contributed by atoms with van der Waals surface area (Å²) >= 11 is 0. The molecule has 186 valence electrons. The third-order valence-corrected chi connectivity index (χ3v) is 7.26. The molecule has 2 aliphatic rings. The maximum Gasteiger partial charge on any atom is 0.407 e. The third-order valence-electron chi connectivity index (χ3n) is 7.26. The number of alkyl carbamates (subject to hydrolysis) is 1. The second-order valence-corrected chi connectivity index (χ2v) is 9.96. The highest BCUT2D eigenvalue weighted by molar-refractivity contribution is 5.87. The summed E-state index contributed by atoms with van der Waals surface area (Å²) in [6.45, 7) is 2.07. The Morgan fingerprint density at radius 1 is 1.09 bits per heavy atom. The maximum absolute atomic E-state index is 13.1. The van der Waals surface area contributed by atoms with Crippen LogP contribution in [0.4, 0.5) is 4.79 Å². The lowest BCUT2D eigenvalue weighted by Gasteiger charge is -2.30. The zero-order valence-corrected chi connectivity index (χ0v) is 20.4. The van der Waals surface area contributed by atoms with Crippen molar-refractivity contribution in [1.82, 2.24) is 15.5 Å². The Morgan fingerprint density at radius 3 is 2.26 bits per heavy atom. The minimum Gasteiger partial charge on any atom is -0.481 e. The Balaban J connectivity index is 1.41. The number of ether oxygens (including phenoxy) is 1. The van der Waals surface area contributed by atoms with Crippen LogP contribution in [0.15, 0.2) is 48.5 Å². The summed E-state index contributed by atoms with van der Waals surface area (Å²) in [5.41, 5.74) is 3.49. The Morgan fingerprint density at radius 2 is 1.69 bits per heavy atom. The number of carboxylic acids is 1. The fourth-order valence-electron chi connectivity index (χ4n) is 5.27. The SMILES string of the molecule is CN(C)C[C@H](NC(=O)OCC1c2ccccc2-c2ccccc21)C(=O)NC1CCCC1(C)C(=O)O. The van der Waals surface area contributed by atoms with Crippen LogP contribution in [0, 0.1) is 5.41 Å². The molecule has 2 aromatic rings. The van der Waals surface area contributed by atoms with E-state index in [0.717, 1.165) is 28.7 Å². The van der Waals surface area contributed by atoms with Crippen molar-refractivity contribution in [3.63, 3.8) is 0 Å². The van der Waals surface area contributed by atoms with E-state index in [9.17, 15) is 19.5 Å². The first-order valence-corrected chi connectivity index (χ1v) is 12.0. The number of carbonyl (C=O) groups excluding carboxylic acids is 2. The summed E-state index contributed by atoms with van der Waals surface area (Å²) in [5.74, 6) is -1.41. The molecule has 0 bridgehead atoms. The van der Waals surface area contributed by atoms with Gasteiger partial charge in [0.15, 0.2) is 0 Å². The molecule has 0 heterocycles. The molecule has 2 unspecified atom stereocenters. The average Bonchev–Trinajstić information content (AvgIpc) is 3.35. The number of hydrogen-bond acceptors (Lipinski definition) is 5. The monoisotopic (exact) mass is 479 g/mol. The van der Waals surface area contributed by atoms with Gasteiger partial charge in [0.05, 0.1) is 5.41 Å². The number of fused-ring (bicyclic) bond motifs is 3. The summed E-state index contributed by atoms with van der Waals surface area (Å²) < 4.78 is 5.61. The first-order chi connectivity index (χ1) is 16.7. The normalized spacial score (nSPS) is 21.8. The zero-order chi connectivity index (χ0) is 25.2. The fourth-order valence-corrected chi connectivity index (χ4v) is 5.27. The molecule has 0 saturated heterocycles. The Hall–Kier alpha value is -3.39. The van der Waals surface area contributed by atoms with Crippen LogP contribution in [-0.2, 0) is 14.3 Å². The van der Waals surface area contributed by atoms with Gasteiger partial charge in [0.2, 0.25) is 5.91 Å². The van der Waals surface area contributed by atoms with E-state index < -0.39 is 35.5 Å². The van der Waals surface area contributed by atoms with Gasteiger partial charge in [-0.1, -0.05) is 55.0 Å². The number of hydrogen-bond donors (Lipinski definition) is 3. The van der Waals surface area contributed by atoms with E-state index in [1.807, 2.05) is 36.4 Å². The second kappa shape index (κ2) is 10.1. The topological polar surface area (TPSA) is 108 Å². The molecule has 8 nitrogen and oxygen atoms in total. The van der Waals surface area contributed by atoms with Crippen molar-refractivity contribution >= 4 is 18.0 Å².